The zero-order chi connectivity index (χ0) is 11.3. The van der Waals surface area contributed by atoms with Gasteiger partial charge in [0.1, 0.15) is 10.9 Å². The van der Waals surface area contributed by atoms with Crippen molar-refractivity contribution in [3.63, 3.8) is 0 Å². The quantitative estimate of drug-likeness (QED) is 0.885. The van der Waals surface area contributed by atoms with Crippen LogP contribution in [-0.2, 0) is 0 Å². The molecule has 1 N–H and O–H groups in total. The van der Waals surface area contributed by atoms with Gasteiger partial charge < -0.3 is 5.32 Å². The molecule has 1 heterocycles. The zero-order valence-corrected chi connectivity index (χ0v) is 11.0. The van der Waals surface area contributed by atoms with E-state index in [2.05, 4.69) is 23.5 Å². The Hall–Kier alpha value is -0.440. The molecule has 0 spiro atoms. The van der Waals surface area contributed by atoms with Crippen LogP contribution >= 0.6 is 34.7 Å². The molecule has 0 saturated heterocycles. The van der Waals surface area contributed by atoms with Crippen LogP contribution in [0.5, 0.6) is 0 Å². The van der Waals surface area contributed by atoms with Crippen molar-refractivity contribution in [3.05, 3.63) is 10.0 Å². The number of rotatable bonds is 5. The summed E-state index contributed by atoms with van der Waals surface area (Å²) in [7, 11) is 0. The number of nitrogens with one attached hydrogen (secondary N) is 1. The smallest absolute Gasteiger partial charge is 0.185 e. The first-order valence-corrected chi connectivity index (χ1v) is 7.05. The van der Waals surface area contributed by atoms with Crippen LogP contribution in [0.2, 0.25) is 5.15 Å². The molecule has 0 radical (unpaired) electrons. The van der Waals surface area contributed by atoms with E-state index in [-0.39, 0.29) is 0 Å². The minimum absolute atomic E-state index is 0.294. The first kappa shape index (κ1) is 12.6. The zero-order valence-electron chi connectivity index (χ0n) is 8.58. The molecule has 15 heavy (non-hydrogen) atoms. The first-order valence-electron chi connectivity index (χ1n) is 4.46. The molecule has 3 nitrogen and oxygen atoms in total. The van der Waals surface area contributed by atoms with Crippen LogP contribution in [-0.4, -0.2) is 23.5 Å². The predicted molar refractivity (Wildman–Crippen MR) is 67.9 cm³/mol. The van der Waals surface area contributed by atoms with Crippen LogP contribution in [0.3, 0.4) is 0 Å². The standard InChI is InChI=1S/C9H12ClN3S2/c1-6(5-14-2)4-12-9-13-8(10)7(3-11)15-9/h6H,4-5H2,1-2H3,(H,12,13). The van der Waals surface area contributed by atoms with Gasteiger partial charge in [-0.05, 0) is 17.9 Å². The van der Waals surface area contributed by atoms with Crippen LogP contribution in [0.1, 0.15) is 11.8 Å². The number of nitrogens with zero attached hydrogens (tertiary/aromatic N) is 2. The number of hydrogen-bond donors (Lipinski definition) is 1. The summed E-state index contributed by atoms with van der Waals surface area (Å²) in [6.07, 6.45) is 2.09. The van der Waals surface area contributed by atoms with Gasteiger partial charge in [0.25, 0.3) is 0 Å². The maximum absolute atomic E-state index is 8.70. The van der Waals surface area contributed by atoms with Crippen LogP contribution in [0.4, 0.5) is 5.13 Å². The van der Waals surface area contributed by atoms with E-state index in [1.54, 1.807) is 0 Å². The van der Waals surface area contributed by atoms with Gasteiger partial charge in [0.2, 0.25) is 0 Å². The van der Waals surface area contributed by atoms with Crippen molar-refractivity contribution in [1.29, 1.82) is 5.26 Å². The normalized spacial score (nSPS) is 12.1. The first-order chi connectivity index (χ1) is 7.17. The summed E-state index contributed by atoms with van der Waals surface area (Å²) >= 11 is 8.87. The SMILES string of the molecule is CSCC(C)CNc1nc(Cl)c(C#N)s1. The van der Waals surface area contributed by atoms with Crippen molar-refractivity contribution < 1.29 is 0 Å². The molecule has 0 aliphatic heterocycles. The van der Waals surface area contributed by atoms with Crippen LogP contribution in [0, 0.1) is 17.2 Å². The van der Waals surface area contributed by atoms with E-state index in [1.807, 2.05) is 17.8 Å². The highest BCUT2D eigenvalue weighted by Crippen LogP contribution is 2.25. The highest BCUT2D eigenvalue weighted by molar-refractivity contribution is 7.98. The third kappa shape index (κ3) is 3.90. The van der Waals surface area contributed by atoms with E-state index in [0.717, 1.165) is 17.4 Å². The number of thiazole rings is 1. The molecule has 1 unspecified atom stereocenters. The second-order valence-electron chi connectivity index (χ2n) is 3.19. The summed E-state index contributed by atoms with van der Waals surface area (Å²) < 4.78 is 0. The van der Waals surface area contributed by atoms with E-state index >= 15 is 0 Å². The molecule has 0 aliphatic carbocycles. The van der Waals surface area contributed by atoms with Crippen molar-refractivity contribution in [3.8, 4) is 6.07 Å². The molecule has 1 aromatic heterocycles. The van der Waals surface area contributed by atoms with Crippen molar-refractivity contribution >= 4 is 39.8 Å². The molecule has 0 amide bonds. The molecule has 6 heteroatoms. The van der Waals surface area contributed by atoms with E-state index in [0.29, 0.717) is 15.9 Å². The molecule has 1 rings (SSSR count). The summed E-state index contributed by atoms with van der Waals surface area (Å²) in [5.41, 5.74) is 0. The van der Waals surface area contributed by atoms with E-state index in [1.165, 1.54) is 11.3 Å². The Kier molecular flexibility index (Phi) is 5.23. The van der Waals surface area contributed by atoms with Crippen LogP contribution in [0.25, 0.3) is 0 Å². The Labute approximate surface area is 103 Å². The van der Waals surface area contributed by atoms with Gasteiger partial charge >= 0.3 is 0 Å². The lowest BCUT2D eigenvalue weighted by molar-refractivity contribution is 0.701. The highest BCUT2D eigenvalue weighted by Gasteiger charge is 2.09. The molecule has 0 saturated carbocycles. The number of aromatic nitrogens is 1. The van der Waals surface area contributed by atoms with Gasteiger partial charge in [-0.25, -0.2) is 4.98 Å². The Balaban J connectivity index is 2.48. The molecular formula is C9H12ClN3S2. The van der Waals surface area contributed by atoms with E-state index < -0.39 is 0 Å². The fourth-order valence-corrected chi connectivity index (χ4v) is 2.69. The van der Waals surface area contributed by atoms with Crippen molar-refractivity contribution in [2.75, 3.05) is 23.9 Å². The highest BCUT2D eigenvalue weighted by atomic mass is 35.5. The van der Waals surface area contributed by atoms with E-state index in [9.17, 15) is 0 Å². The summed E-state index contributed by atoms with van der Waals surface area (Å²) in [5.74, 6) is 1.69. The average molecular weight is 262 g/mol. The summed E-state index contributed by atoms with van der Waals surface area (Å²) in [6.45, 7) is 3.03. The number of anilines is 1. The maximum Gasteiger partial charge on any atom is 0.185 e. The second kappa shape index (κ2) is 6.21. The number of nitriles is 1. The number of thioether (sulfide) groups is 1. The Morgan fingerprint density at radius 3 is 3.00 bits per heavy atom. The summed E-state index contributed by atoms with van der Waals surface area (Å²) in [5, 5.41) is 12.9. The van der Waals surface area contributed by atoms with Crippen molar-refractivity contribution in [2.45, 2.75) is 6.92 Å². The van der Waals surface area contributed by atoms with Crippen molar-refractivity contribution in [1.82, 2.24) is 4.98 Å². The minimum atomic E-state index is 0.294. The molecule has 0 fully saturated rings. The van der Waals surface area contributed by atoms with Gasteiger partial charge in [-0.3, -0.25) is 0 Å². The predicted octanol–water partition coefficient (Wildman–Crippen LogP) is 3.08. The molecule has 0 aromatic carbocycles. The molecule has 0 bridgehead atoms. The summed E-state index contributed by atoms with van der Waals surface area (Å²) in [4.78, 5) is 4.53. The van der Waals surface area contributed by atoms with Gasteiger partial charge in [-0.2, -0.15) is 17.0 Å². The average Bonchev–Trinajstić information content (AvgIpc) is 2.56. The Morgan fingerprint density at radius 1 is 1.73 bits per heavy atom. The monoisotopic (exact) mass is 261 g/mol. The largest absolute Gasteiger partial charge is 0.361 e. The second-order valence-corrected chi connectivity index (χ2v) is 5.46. The Morgan fingerprint density at radius 2 is 2.47 bits per heavy atom. The van der Waals surface area contributed by atoms with Gasteiger partial charge in [-0.15, -0.1) is 0 Å². The fraction of sp³-hybridized carbons (Fsp3) is 0.556. The molecule has 1 aromatic rings. The van der Waals surface area contributed by atoms with Crippen molar-refractivity contribution in [2.24, 2.45) is 5.92 Å². The lowest BCUT2D eigenvalue weighted by atomic mass is 10.2. The molecule has 1 atom stereocenters. The third-order valence-electron chi connectivity index (χ3n) is 1.74. The molecule has 0 aliphatic rings. The Bertz CT molecular complexity index is 359. The lowest BCUT2D eigenvalue weighted by Gasteiger charge is -2.09. The summed E-state index contributed by atoms with van der Waals surface area (Å²) in [6, 6.07) is 2.01. The topological polar surface area (TPSA) is 48.7 Å². The van der Waals surface area contributed by atoms with Gasteiger partial charge in [0, 0.05) is 6.54 Å². The molecular weight excluding hydrogens is 250 g/mol. The minimum Gasteiger partial charge on any atom is -0.361 e. The van der Waals surface area contributed by atoms with Crippen LogP contribution in [0.15, 0.2) is 0 Å². The molecule has 82 valence electrons. The van der Waals surface area contributed by atoms with Crippen LogP contribution < -0.4 is 5.32 Å². The van der Waals surface area contributed by atoms with Gasteiger partial charge in [0.15, 0.2) is 10.3 Å². The lowest BCUT2D eigenvalue weighted by Crippen LogP contribution is -2.12. The fourth-order valence-electron chi connectivity index (χ4n) is 1.05. The van der Waals surface area contributed by atoms with E-state index in [4.69, 9.17) is 16.9 Å². The van der Waals surface area contributed by atoms with Gasteiger partial charge in [0.05, 0.1) is 0 Å². The van der Waals surface area contributed by atoms with Gasteiger partial charge in [-0.1, -0.05) is 29.9 Å². The number of hydrogen-bond acceptors (Lipinski definition) is 5. The maximum atomic E-state index is 8.70. The number of halogens is 1. The third-order valence-corrected chi connectivity index (χ3v) is 3.95.